The molecule has 3 aromatic rings. The molecule has 0 aromatic heterocycles. The number of benzene rings is 3. The lowest BCUT2D eigenvalue weighted by Crippen LogP contribution is -2.03. The molecule has 0 aliphatic carbocycles. The summed E-state index contributed by atoms with van der Waals surface area (Å²) in [6.45, 7) is 2.39. The van der Waals surface area contributed by atoms with E-state index in [1.165, 1.54) is 38.1 Å². The van der Waals surface area contributed by atoms with Gasteiger partial charge < -0.3 is 40.6 Å². The molecule has 166 valence electrons. The SMILES string of the molecule is CC(=O)Oc1cc(Oc2ccc(Oc3cc(N)c(O)c(OC(C)=O)c3)cc2)cc(N)c1O. The third kappa shape index (κ3) is 5.30. The number of carbonyl (C=O) groups is 2. The number of phenolic OH excluding ortho intramolecular Hbond substituents is 2. The van der Waals surface area contributed by atoms with Gasteiger partial charge >= 0.3 is 11.9 Å². The van der Waals surface area contributed by atoms with Gasteiger partial charge in [-0.15, -0.1) is 0 Å². The molecule has 3 aromatic carbocycles. The highest BCUT2D eigenvalue weighted by atomic mass is 16.5. The van der Waals surface area contributed by atoms with Crippen molar-refractivity contribution >= 4 is 23.3 Å². The van der Waals surface area contributed by atoms with Gasteiger partial charge in [0.15, 0.2) is 23.0 Å². The van der Waals surface area contributed by atoms with Gasteiger partial charge in [0, 0.05) is 38.1 Å². The van der Waals surface area contributed by atoms with Gasteiger partial charge in [0.1, 0.15) is 23.0 Å². The zero-order valence-electron chi connectivity index (χ0n) is 17.1. The molecule has 32 heavy (non-hydrogen) atoms. The number of hydrogen-bond donors (Lipinski definition) is 4. The molecule has 10 nitrogen and oxygen atoms in total. The molecule has 6 N–H and O–H groups in total. The van der Waals surface area contributed by atoms with E-state index in [0.717, 1.165) is 0 Å². The van der Waals surface area contributed by atoms with Crippen LogP contribution in [-0.4, -0.2) is 22.2 Å². The Bertz CT molecular complexity index is 1080. The molecular formula is C22H20N2O8. The standard InChI is InChI=1S/C22H20N2O8/c1-11(25)29-19-9-15(7-17(23)21(19)27)31-13-3-5-14(6-4-13)32-16-8-18(24)22(28)20(10-16)30-12(2)26/h3-10,27-28H,23-24H2,1-2H3. The summed E-state index contributed by atoms with van der Waals surface area (Å²) in [6.07, 6.45) is 0. The van der Waals surface area contributed by atoms with Crippen molar-refractivity contribution in [2.45, 2.75) is 13.8 Å². The molecule has 0 amide bonds. The molecule has 0 aliphatic heterocycles. The minimum atomic E-state index is -0.620. The van der Waals surface area contributed by atoms with E-state index < -0.39 is 11.9 Å². The number of nitrogen functional groups attached to an aromatic ring is 2. The highest BCUT2D eigenvalue weighted by molar-refractivity contribution is 5.74. The largest absolute Gasteiger partial charge is 0.503 e. The maximum absolute atomic E-state index is 11.2. The van der Waals surface area contributed by atoms with Crippen molar-refractivity contribution in [3.05, 3.63) is 48.5 Å². The Kier molecular flexibility index (Phi) is 6.24. The Hall–Kier alpha value is -4.60. The minimum absolute atomic E-state index is 0.0211. The monoisotopic (exact) mass is 440 g/mol. The van der Waals surface area contributed by atoms with E-state index in [-0.39, 0.29) is 45.9 Å². The topological polar surface area (TPSA) is 164 Å². The van der Waals surface area contributed by atoms with Gasteiger partial charge in [0.25, 0.3) is 0 Å². The van der Waals surface area contributed by atoms with Crippen LogP contribution in [0.4, 0.5) is 11.4 Å². The van der Waals surface area contributed by atoms with Crippen LogP contribution in [0.2, 0.25) is 0 Å². The Morgan fingerprint density at radius 3 is 1.31 bits per heavy atom. The highest BCUT2D eigenvalue weighted by Crippen LogP contribution is 2.40. The number of rotatable bonds is 6. The van der Waals surface area contributed by atoms with E-state index in [1.54, 1.807) is 24.3 Å². The van der Waals surface area contributed by atoms with Crippen LogP contribution in [0, 0.1) is 0 Å². The quantitative estimate of drug-likeness (QED) is 0.192. The van der Waals surface area contributed by atoms with Crippen LogP contribution in [0.25, 0.3) is 0 Å². The van der Waals surface area contributed by atoms with Gasteiger partial charge in [-0.2, -0.15) is 0 Å². The van der Waals surface area contributed by atoms with Gasteiger partial charge in [0.05, 0.1) is 11.4 Å². The molecule has 0 atom stereocenters. The Morgan fingerprint density at radius 1 is 0.656 bits per heavy atom. The average molecular weight is 440 g/mol. The second kappa shape index (κ2) is 9.04. The zero-order valence-corrected chi connectivity index (χ0v) is 17.1. The normalized spacial score (nSPS) is 10.3. The van der Waals surface area contributed by atoms with Crippen LogP contribution in [0.5, 0.6) is 46.0 Å². The van der Waals surface area contributed by atoms with Crippen LogP contribution < -0.4 is 30.4 Å². The van der Waals surface area contributed by atoms with E-state index in [0.29, 0.717) is 11.5 Å². The van der Waals surface area contributed by atoms with Crippen molar-refractivity contribution in [2.75, 3.05) is 11.5 Å². The van der Waals surface area contributed by atoms with Crippen LogP contribution >= 0.6 is 0 Å². The number of phenols is 2. The first kappa shape index (κ1) is 22.1. The second-order valence-electron chi connectivity index (χ2n) is 6.58. The summed E-state index contributed by atoms with van der Waals surface area (Å²) in [5.74, 6) is -0.929. The van der Waals surface area contributed by atoms with Gasteiger partial charge in [-0.3, -0.25) is 9.59 Å². The predicted octanol–water partition coefficient (Wildman–Crippen LogP) is 3.70. The average Bonchev–Trinajstić information content (AvgIpc) is 2.70. The third-order valence-electron chi connectivity index (χ3n) is 3.96. The van der Waals surface area contributed by atoms with Crippen LogP contribution in [0.3, 0.4) is 0 Å². The lowest BCUT2D eigenvalue weighted by molar-refractivity contribution is -0.132. The predicted molar refractivity (Wildman–Crippen MR) is 114 cm³/mol. The van der Waals surface area contributed by atoms with Gasteiger partial charge in [0.2, 0.25) is 0 Å². The molecule has 0 aliphatic rings. The first-order valence-electron chi connectivity index (χ1n) is 9.20. The maximum Gasteiger partial charge on any atom is 0.308 e. The summed E-state index contributed by atoms with van der Waals surface area (Å²) in [6, 6.07) is 11.8. The number of anilines is 2. The van der Waals surface area contributed by atoms with E-state index in [9.17, 15) is 19.8 Å². The number of aromatic hydroxyl groups is 2. The molecular weight excluding hydrogens is 420 g/mol. The number of nitrogens with two attached hydrogens (primary N) is 2. The van der Waals surface area contributed by atoms with Crippen LogP contribution in [0.1, 0.15) is 13.8 Å². The fraction of sp³-hybridized carbons (Fsp3) is 0.0909. The number of carbonyl (C=O) groups excluding carboxylic acids is 2. The fourth-order valence-corrected chi connectivity index (χ4v) is 2.64. The maximum atomic E-state index is 11.2. The van der Waals surface area contributed by atoms with Crippen LogP contribution in [-0.2, 0) is 9.59 Å². The van der Waals surface area contributed by atoms with E-state index >= 15 is 0 Å². The number of hydrogen-bond acceptors (Lipinski definition) is 10. The Balaban J connectivity index is 1.76. The lowest BCUT2D eigenvalue weighted by Gasteiger charge is -2.13. The smallest absolute Gasteiger partial charge is 0.308 e. The fourth-order valence-electron chi connectivity index (χ4n) is 2.64. The molecule has 0 fully saturated rings. The molecule has 0 bridgehead atoms. The highest BCUT2D eigenvalue weighted by Gasteiger charge is 2.14. The number of esters is 2. The van der Waals surface area contributed by atoms with E-state index in [4.69, 9.17) is 30.4 Å². The van der Waals surface area contributed by atoms with Crippen molar-refractivity contribution in [3.63, 3.8) is 0 Å². The van der Waals surface area contributed by atoms with Crippen molar-refractivity contribution in [1.82, 2.24) is 0 Å². The van der Waals surface area contributed by atoms with Gasteiger partial charge in [-0.25, -0.2) is 0 Å². The van der Waals surface area contributed by atoms with Gasteiger partial charge in [-0.1, -0.05) is 0 Å². The summed E-state index contributed by atoms with van der Waals surface area (Å²) in [7, 11) is 0. The molecule has 3 rings (SSSR count). The Morgan fingerprint density at radius 2 is 1.00 bits per heavy atom. The first-order chi connectivity index (χ1) is 15.1. The third-order valence-corrected chi connectivity index (χ3v) is 3.96. The summed E-state index contributed by atoms with van der Waals surface area (Å²) in [4.78, 5) is 22.3. The molecule has 0 saturated heterocycles. The summed E-state index contributed by atoms with van der Waals surface area (Å²) in [5, 5.41) is 19.8. The molecule has 0 unspecified atom stereocenters. The van der Waals surface area contributed by atoms with E-state index in [1.807, 2.05) is 0 Å². The summed E-state index contributed by atoms with van der Waals surface area (Å²) in [5.41, 5.74) is 11.4. The molecule has 10 heteroatoms. The molecule has 0 radical (unpaired) electrons. The van der Waals surface area contributed by atoms with Crippen LogP contribution in [0.15, 0.2) is 48.5 Å². The summed E-state index contributed by atoms with van der Waals surface area (Å²) >= 11 is 0. The minimum Gasteiger partial charge on any atom is -0.503 e. The van der Waals surface area contributed by atoms with Crippen molar-refractivity contribution in [1.29, 1.82) is 0 Å². The molecule has 0 heterocycles. The molecule has 0 saturated carbocycles. The van der Waals surface area contributed by atoms with E-state index in [2.05, 4.69) is 0 Å². The lowest BCUT2D eigenvalue weighted by atomic mass is 10.2. The second-order valence-corrected chi connectivity index (χ2v) is 6.58. The van der Waals surface area contributed by atoms with Crippen molar-refractivity contribution < 1.29 is 38.7 Å². The zero-order chi connectivity index (χ0) is 23.4. The first-order valence-corrected chi connectivity index (χ1v) is 9.20. The van der Waals surface area contributed by atoms with Gasteiger partial charge in [-0.05, 0) is 24.3 Å². The molecule has 0 spiro atoms. The van der Waals surface area contributed by atoms with Crippen molar-refractivity contribution in [2.24, 2.45) is 0 Å². The van der Waals surface area contributed by atoms with Crippen molar-refractivity contribution in [3.8, 4) is 46.0 Å². The Labute approximate surface area is 182 Å². The number of ether oxygens (including phenoxy) is 4. The summed E-state index contributed by atoms with van der Waals surface area (Å²) < 4.78 is 21.2.